The lowest BCUT2D eigenvalue weighted by molar-refractivity contribution is -0.376. The molecule has 29 heavy (non-hydrogen) atoms. The third-order valence-electron chi connectivity index (χ3n) is 5.31. The van der Waals surface area contributed by atoms with Gasteiger partial charge in [0.25, 0.3) is 5.60 Å². The second kappa shape index (κ2) is 7.35. The van der Waals surface area contributed by atoms with E-state index in [1.807, 2.05) is 0 Å². The Morgan fingerprint density at radius 3 is 1.90 bits per heavy atom. The highest BCUT2D eigenvalue weighted by molar-refractivity contribution is 6.55. The molecular weight excluding hydrogens is 447 g/mol. The fourth-order valence-corrected chi connectivity index (χ4v) is 3.62. The quantitative estimate of drug-likeness (QED) is 0.594. The molecule has 0 heterocycles. The Morgan fingerprint density at radius 1 is 1.07 bits per heavy atom. The third kappa shape index (κ3) is 4.09. The average molecular weight is 464 g/mol. The first kappa shape index (κ1) is 23.8. The molecule has 1 fully saturated rings. The molecule has 1 aromatic rings. The standard InChI is InChI=1S/C18H17Cl2F6NO2/c1-15(2)11(8-12(19)20)13(15)14(28)27(3)10-6-4-9(5-7-10)16(29,17(21,22)23)18(24,25)26/h4-8,11,13,29H,1-3H3/t11-,13+/m0/s1. The summed E-state index contributed by atoms with van der Waals surface area (Å²) >= 11 is 11.3. The summed E-state index contributed by atoms with van der Waals surface area (Å²) in [5.41, 5.74) is -6.82. The molecule has 1 aliphatic rings. The molecule has 0 saturated heterocycles. The number of aliphatic hydroxyl groups is 1. The number of hydrogen-bond donors (Lipinski definition) is 1. The summed E-state index contributed by atoms with van der Waals surface area (Å²) in [5.74, 6) is -1.18. The topological polar surface area (TPSA) is 40.5 Å². The number of anilines is 1. The van der Waals surface area contributed by atoms with E-state index >= 15 is 0 Å². The number of nitrogens with zero attached hydrogens (tertiary/aromatic N) is 1. The van der Waals surface area contributed by atoms with Gasteiger partial charge in [-0.1, -0.05) is 49.2 Å². The van der Waals surface area contributed by atoms with Gasteiger partial charge in [-0.05, 0) is 29.5 Å². The number of benzene rings is 1. The maximum Gasteiger partial charge on any atom is 0.430 e. The van der Waals surface area contributed by atoms with Crippen molar-refractivity contribution in [1.82, 2.24) is 0 Å². The first-order valence-electron chi connectivity index (χ1n) is 8.23. The van der Waals surface area contributed by atoms with Gasteiger partial charge in [-0.3, -0.25) is 4.79 Å². The van der Waals surface area contributed by atoms with Crippen LogP contribution in [-0.2, 0) is 10.4 Å². The number of amides is 1. The number of halogens is 8. The second-order valence-electron chi connectivity index (χ2n) is 7.43. The molecule has 0 radical (unpaired) electrons. The summed E-state index contributed by atoms with van der Waals surface area (Å²) in [6.07, 6.45) is -10.4. The molecule has 1 N–H and O–H groups in total. The van der Waals surface area contributed by atoms with Crippen molar-refractivity contribution in [3.8, 4) is 0 Å². The Balaban J connectivity index is 2.31. The zero-order valence-corrected chi connectivity index (χ0v) is 16.9. The van der Waals surface area contributed by atoms with Crippen molar-refractivity contribution in [3.05, 3.63) is 40.4 Å². The van der Waals surface area contributed by atoms with Crippen LogP contribution in [-0.4, -0.2) is 30.4 Å². The van der Waals surface area contributed by atoms with Crippen LogP contribution in [0.3, 0.4) is 0 Å². The van der Waals surface area contributed by atoms with Crippen LogP contribution in [0.2, 0.25) is 0 Å². The third-order valence-corrected chi connectivity index (χ3v) is 5.56. The van der Waals surface area contributed by atoms with Gasteiger partial charge in [-0.25, -0.2) is 0 Å². The molecule has 2 atom stereocenters. The zero-order valence-electron chi connectivity index (χ0n) is 15.4. The Kier molecular flexibility index (Phi) is 6.04. The van der Waals surface area contributed by atoms with Crippen LogP contribution in [0, 0.1) is 17.3 Å². The molecule has 1 saturated carbocycles. The van der Waals surface area contributed by atoms with Crippen LogP contribution >= 0.6 is 23.2 Å². The lowest BCUT2D eigenvalue weighted by Crippen LogP contribution is -2.53. The van der Waals surface area contributed by atoms with Crippen molar-refractivity contribution >= 4 is 34.8 Å². The smallest absolute Gasteiger partial charge is 0.369 e. The highest BCUT2D eigenvalue weighted by Crippen LogP contribution is 2.60. The summed E-state index contributed by atoms with van der Waals surface area (Å²) in [7, 11) is 1.34. The fraction of sp³-hybridized carbons (Fsp3) is 0.500. The van der Waals surface area contributed by atoms with Gasteiger partial charge in [0, 0.05) is 18.3 Å². The maximum absolute atomic E-state index is 13.0. The van der Waals surface area contributed by atoms with Crippen LogP contribution < -0.4 is 4.90 Å². The minimum Gasteiger partial charge on any atom is -0.369 e. The predicted molar refractivity (Wildman–Crippen MR) is 96.4 cm³/mol. The fourth-order valence-electron chi connectivity index (χ4n) is 3.35. The van der Waals surface area contributed by atoms with Gasteiger partial charge < -0.3 is 10.0 Å². The first-order valence-corrected chi connectivity index (χ1v) is 8.98. The number of rotatable bonds is 4. The lowest BCUT2D eigenvalue weighted by atomic mass is 9.92. The molecule has 0 bridgehead atoms. The van der Waals surface area contributed by atoms with Crippen LogP contribution in [0.4, 0.5) is 32.0 Å². The van der Waals surface area contributed by atoms with E-state index in [1.165, 1.54) is 13.1 Å². The monoisotopic (exact) mass is 463 g/mol. The van der Waals surface area contributed by atoms with E-state index in [4.69, 9.17) is 23.2 Å². The minimum absolute atomic E-state index is 0.0102. The van der Waals surface area contributed by atoms with E-state index in [0.717, 1.165) is 17.0 Å². The number of carbonyl (C=O) groups is 1. The minimum atomic E-state index is -5.98. The van der Waals surface area contributed by atoms with Gasteiger partial charge in [0.1, 0.15) is 4.49 Å². The van der Waals surface area contributed by atoms with Crippen LogP contribution in [0.1, 0.15) is 19.4 Å². The molecule has 162 valence electrons. The van der Waals surface area contributed by atoms with Crippen molar-refractivity contribution in [1.29, 1.82) is 0 Å². The van der Waals surface area contributed by atoms with Gasteiger partial charge >= 0.3 is 12.4 Å². The summed E-state index contributed by atoms with van der Waals surface area (Å²) < 4.78 is 77.7. The normalized spacial score (nSPS) is 21.5. The summed E-state index contributed by atoms with van der Waals surface area (Å²) in [5, 5.41) is 9.42. The summed E-state index contributed by atoms with van der Waals surface area (Å²) in [4.78, 5) is 13.8. The average Bonchev–Trinajstić information content (AvgIpc) is 3.10. The maximum atomic E-state index is 13.0. The Morgan fingerprint density at radius 2 is 1.52 bits per heavy atom. The molecule has 2 rings (SSSR count). The molecule has 11 heteroatoms. The number of alkyl halides is 6. The number of carbonyl (C=O) groups excluding carboxylic acids is 1. The van der Waals surface area contributed by atoms with Crippen LogP contribution in [0.25, 0.3) is 0 Å². The van der Waals surface area contributed by atoms with Crippen molar-refractivity contribution in [2.75, 3.05) is 11.9 Å². The van der Waals surface area contributed by atoms with Crippen LogP contribution in [0.15, 0.2) is 34.8 Å². The predicted octanol–water partition coefficient (Wildman–Crippen LogP) is 5.55. The molecule has 1 aromatic carbocycles. The van der Waals surface area contributed by atoms with Crippen molar-refractivity contribution in [2.45, 2.75) is 31.8 Å². The van der Waals surface area contributed by atoms with Gasteiger partial charge in [0.15, 0.2) is 0 Å². The number of hydrogen-bond acceptors (Lipinski definition) is 2. The number of allylic oxidation sites excluding steroid dienone is 1. The molecule has 1 amide bonds. The van der Waals surface area contributed by atoms with E-state index in [9.17, 15) is 36.2 Å². The lowest BCUT2D eigenvalue weighted by Gasteiger charge is -2.33. The van der Waals surface area contributed by atoms with E-state index in [1.54, 1.807) is 13.8 Å². The van der Waals surface area contributed by atoms with E-state index in [2.05, 4.69) is 0 Å². The summed E-state index contributed by atoms with van der Waals surface area (Å²) in [6.45, 7) is 3.61. The van der Waals surface area contributed by atoms with Gasteiger partial charge in [-0.15, -0.1) is 0 Å². The van der Waals surface area contributed by atoms with Gasteiger partial charge in [0.2, 0.25) is 5.91 Å². The van der Waals surface area contributed by atoms with Crippen molar-refractivity contribution < 1.29 is 36.2 Å². The van der Waals surface area contributed by atoms with Crippen molar-refractivity contribution in [2.24, 2.45) is 17.3 Å². The van der Waals surface area contributed by atoms with Crippen LogP contribution in [0.5, 0.6) is 0 Å². The van der Waals surface area contributed by atoms with E-state index in [0.29, 0.717) is 12.1 Å². The second-order valence-corrected chi connectivity index (χ2v) is 8.44. The van der Waals surface area contributed by atoms with E-state index in [-0.39, 0.29) is 16.1 Å². The SMILES string of the molecule is CN(C(=O)[C@H]1[C@H](C=C(Cl)Cl)C1(C)C)c1ccc(C(O)(C(F)(F)F)C(F)(F)F)cc1. The highest BCUT2D eigenvalue weighted by Gasteiger charge is 2.71. The molecule has 0 spiro atoms. The van der Waals surface area contributed by atoms with E-state index < -0.39 is 40.8 Å². The largest absolute Gasteiger partial charge is 0.430 e. The molecule has 0 unspecified atom stereocenters. The van der Waals surface area contributed by atoms with Gasteiger partial charge in [0.05, 0.1) is 5.92 Å². The molecule has 0 aliphatic heterocycles. The van der Waals surface area contributed by atoms with Gasteiger partial charge in [-0.2, -0.15) is 26.3 Å². The Hall–Kier alpha value is -1.45. The Labute approximate surface area is 172 Å². The first-order chi connectivity index (χ1) is 13.0. The molecule has 0 aromatic heterocycles. The molecular formula is C18H17Cl2F6NO2. The Bertz CT molecular complexity index is 799. The molecule has 3 nitrogen and oxygen atoms in total. The highest BCUT2D eigenvalue weighted by atomic mass is 35.5. The summed E-state index contributed by atoms with van der Waals surface area (Å²) in [6, 6.07) is 2.80. The zero-order chi connectivity index (χ0) is 22.6. The molecule has 1 aliphatic carbocycles. The van der Waals surface area contributed by atoms with Crippen molar-refractivity contribution in [3.63, 3.8) is 0 Å².